The summed E-state index contributed by atoms with van der Waals surface area (Å²) >= 11 is 0. The fourth-order valence-corrected chi connectivity index (χ4v) is 2.23. The van der Waals surface area contributed by atoms with E-state index in [1.165, 1.54) is 12.8 Å². The zero-order valence-corrected chi connectivity index (χ0v) is 8.34. The van der Waals surface area contributed by atoms with Crippen molar-refractivity contribution in [1.29, 1.82) is 0 Å². The molecule has 0 aliphatic carbocycles. The molecular weight excluding hydrogens is 166 g/mol. The van der Waals surface area contributed by atoms with Crippen molar-refractivity contribution in [3.8, 4) is 0 Å². The van der Waals surface area contributed by atoms with Crippen molar-refractivity contribution in [3.05, 3.63) is 0 Å². The summed E-state index contributed by atoms with van der Waals surface area (Å²) in [6.07, 6.45) is 3.40. The topological polar surface area (TPSA) is 30.5 Å². The van der Waals surface area contributed by atoms with Gasteiger partial charge >= 0.3 is 0 Å². The van der Waals surface area contributed by atoms with E-state index in [-0.39, 0.29) is 5.79 Å². The third kappa shape index (κ3) is 2.03. The maximum atomic E-state index is 5.75. The van der Waals surface area contributed by atoms with E-state index in [2.05, 4.69) is 12.2 Å². The van der Waals surface area contributed by atoms with Crippen LogP contribution in [0.5, 0.6) is 0 Å². The predicted molar refractivity (Wildman–Crippen MR) is 50.5 cm³/mol. The van der Waals surface area contributed by atoms with Gasteiger partial charge in [-0.1, -0.05) is 0 Å². The molecule has 0 aromatic carbocycles. The molecule has 76 valence electrons. The van der Waals surface area contributed by atoms with Crippen LogP contribution in [0.2, 0.25) is 0 Å². The standard InChI is InChI=1S/C10H19NO2/c1-10(12-7-2-8-13-10)9-3-5-11-6-4-9/h9,11H,2-8H2,1H3. The molecular formula is C10H19NO2. The lowest BCUT2D eigenvalue weighted by molar-refractivity contribution is -0.286. The molecule has 0 bridgehead atoms. The molecule has 3 nitrogen and oxygen atoms in total. The second-order valence-electron chi connectivity index (χ2n) is 4.09. The van der Waals surface area contributed by atoms with Crippen molar-refractivity contribution in [2.24, 2.45) is 5.92 Å². The van der Waals surface area contributed by atoms with Gasteiger partial charge in [-0.2, -0.15) is 0 Å². The van der Waals surface area contributed by atoms with Crippen LogP contribution in [0.1, 0.15) is 26.2 Å². The Morgan fingerprint density at radius 3 is 2.38 bits per heavy atom. The van der Waals surface area contributed by atoms with E-state index in [9.17, 15) is 0 Å². The van der Waals surface area contributed by atoms with E-state index in [4.69, 9.17) is 9.47 Å². The van der Waals surface area contributed by atoms with Gasteiger partial charge in [-0.15, -0.1) is 0 Å². The Labute approximate surface area is 79.8 Å². The predicted octanol–water partition coefficient (Wildman–Crippen LogP) is 1.14. The summed E-state index contributed by atoms with van der Waals surface area (Å²) in [4.78, 5) is 0. The number of nitrogens with one attached hydrogen (secondary N) is 1. The van der Waals surface area contributed by atoms with E-state index < -0.39 is 0 Å². The number of ether oxygens (including phenoxy) is 2. The van der Waals surface area contributed by atoms with Gasteiger partial charge in [0.25, 0.3) is 0 Å². The molecule has 0 saturated carbocycles. The van der Waals surface area contributed by atoms with Crippen LogP contribution >= 0.6 is 0 Å². The second kappa shape index (κ2) is 3.95. The molecule has 2 heterocycles. The molecule has 2 aliphatic rings. The highest BCUT2D eigenvalue weighted by molar-refractivity contribution is 4.81. The lowest BCUT2D eigenvalue weighted by Crippen LogP contribution is -2.48. The first kappa shape index (κ1) is 9.44. The normalized spacial score (nSPS) is 30.2. The smallest absolute Gasteiger partial charge is 0.168 e. The van der Waals surface area contributed by atoms with Crippen LogP contribution in [0.3, 0.4) is 0 Å². The molecule has 0 aromatic rings. The van der Waals surface area contributed by atoms with Crippen molar-refractivity contribution in [2.45, 2.75) is 32.0 Å². The summed E-state index contributed by atoms with van der Waals surface area (Å²) < 4.78 is 11.5. The Morgan fingerprint density at radius 2 is 1.77 bits per heavy atom. The zero-order valence-electron chi connectivity index (χ0n) is 8.34. The summed E-state index contributed by atoms with van der Waals surface area (Å²) in [5, 5.41) is 3.36. The number of hydrogen-bond acceptors (Lipinski definition) is 3. The zero-order chi connectivity index (χ0) is 9.15. The van der Waals surface area contributed by atoms with Gasteiger partial charge in [0.1, 0.15) is 0 Å². The monoisotopic (exact) mass is 185 g/mol. The van der Waals surface area contributed by atoms with Gasteiger partial charge in [0, 0.05) is 5.92 Å². The summed E-state index contributed by atoms with van der Waals surface area (Å²) in [6, 6.07) is 0. The second-order valence-corrected chi connectivity index (χ2v) is 4.09. The maximum Gasteiger partial charge on any atom is 0.168 e. The van der Waals surface area contributed by atoms with Crippen LogP contribution < -0.4 is 5.32 Å². The molecule has 0 radical (unpaired) electrons. The number of piperidine rings is 1. The minimum Gasteiger partial charge on any atom is -0.350 e. The molecule has 0 spiro atoms. The van der Waals surface area contributed by atoms with Crippen LogP contribution in [0.4, 0.5) is 0 Å². The largest absolute Gasteiger partial charge is 0.350 e. The molecule has 3 heteroatoms. The molecule has 13 heavy (non-hydrogen) atoms. The third-order valence-corrected chi connectivity index (χ3v) is 3.15. The van der Waals surface area contributed by atoms with Gasteiger partial charge in [-0.05, 0) is 39.3 Å². The first-order valence-corrected chi connectivity index (χ1v) is 5.30. The first-order chi connectivity index (χ1) is 6.31. The summed E-state index contributed by atoms with van der Waals surface area (Å²) in [6.45, 7) is 6.03. The average Bonchev–Trinajstić information content (AvgIpc) is 2.20. The summed E-state index contributed by atoms with van der Waals surface area (Å²) in [5.41, 5.74) is 0. The lowest BCUT2D eigenvalue weighted by Gasteiger charge is -2.42. The van der Waals surface area contributed by atoms with Crippen LogP contribution in [0.15, 0.2) is 0 Å². The molecule has 0 unspecified atom stereocenters. The van der Waals surface area contributed by atoms with Gasteiger partial charge in [-0.3, -0.25) is 0 Å². The Bertz CT molecular complexity index is 160. The van der Waals surface area contributed by atoms with Gasteiger partial charge in [0.05, 0.1) is 13.2 Å². The van der Waals surface area contributed by atoms with Crippen molar-refractivity contribution in [3.63, 3.8) is 0 Å². The molecule has 0 atom stereocenters. The van der Waals surface area contributed by atoms with Gasteiger partial charge in [-0.25, -0.2) is 0 Å². The van der Waals surface area contributed by atoms with E-state index in [1.807, 2.05) is 0 Å². The van der Waals surface area contributed by atoms with Crippen LogP contribution in [0.25, 0.3) is 0 Å². The Kier molecular flexibility index (Phi) is 2.86. The van der Waals surface area contributed by atoms with Crippen molar-refractivity contribution >= 4 is 0 Å². The van der Waals surface area contributed by atoms with E-state index in [1.54, 1.807) is 0 Å². The molecule has 2 saturated heterocycles. The highest BCUT2D eigenvalue weighted by Gasteiger charge is 2.38. The molecule has 0 aromatic heterocycles. The summed E-state index contributed by atoms with van der Waals surface area (Å²) in [5.74, 6) is 0.287. The fraction of sp³-hybridized carbons (Fsp3) is 1.00. The fourth-order valence-electron chi connectivity index (χ4n) is 2.23. The lowest BCUT2D eigenvalue weighted by atomic mass is 9.89. The molecule has 2 aliphatic heterocycles. The van der Waals surface area contributed by atoms with Crippen LogP contribution in [-0.4, -0.2) is 32.1 Å². The highest BCUT2D eigenvalue weighted by atomic mass is 16.7. The molecule has 2 fully saturated rings. The first-order valence-electron chi connectivity index (χ1n) is 5.30. The Morgan fingerprint density at radius 1 is 1.15 bits per heavy atom. The van der Waals surface area contributed by atoms with E-state index >= 15 is 0 Å². The summed E-state index contributed by atoms with van der Waals surface area (Å²) in [7, 11) is 0. The average molecular weight is 185 g/mol. The van der Waals surface area contributed by atoms with E-state index in [0.29, 0.717) is 5.92 Å². The highest BCUT2D eigenvalue weighted by Crippen LogP contribution is 2.32. The molecule has 1 N–H and O–H groups in total. The molecule has 0 amide bonds. The minimum atomic E-state index is -0.291. The number of hydrogen-bond donors (Lipinski definition) is 1. The van der Waals surface area contributed by atoms with Crippen LogP contribution in [-0.2, 0) is 9.47 Å². The SMILES string of the molecule is CC1(C2CCNCC2)OCCCO1. The Balaban J connectivity index is 1.94. The Hall–Kier alpha value is -0.120. The van der Waals surface area contributed by atoms with Gasteiger partial charge < -0.3 is 14.8 Å². The van der Waals surface area contributed by atoms with Crippen molar-refractivity contribution in [1.82, 2.24) is 5.32 Å². The third-order valence-electron chi connectivity index (χ3n) is 3.15. The van der Waals surface area contributed by atoms with Gasteiger partial charge in [0.2, 0.25) is 0 Å². The quantitative estimate of drug-likeness (QED) is 0.664. The number of rotatable bonds is 1. The van der Waals surface area contributed by atoms with Crippen molar-refractivity contribution < 1.29 is 9.47 Å². The van der Waals surface area contributed by atoms with E-state index in [0.717, 1.165) is 32.7 Å². The maximum absolute atomic E-state index is 5.75. The molecule has 2 rings (SSSR count). The van der Waals surface area contributed by atoms with Gasteiger partial charge in [0.15, 0.2) is 5.79 Å². The minimum absolute atomic E-state index is 0.291. The van der Waals surface area contributed by atoms with Crippen LogP contribution in [0, 0.1) is 5.92 Å². The van der Waals surface area contributed by atoms with Crippen molar-refractivity contribution in [2.75, 3.05) is 26.3 Å².